The molecule has 1 nitrogen and oxygen atoms in total. The van der Waals surface area contributed by atoms with E-state index in [-0.39, 0.29) is 29.6 Å². The van der Waals surface area contributed by atoms with E-state index in [1.807, 2.05) is 0 Å². The van der Waals surface area contributed by atoms with Crippen LogP contribution < -0.4 is 29.6 Å². The van der Waals surface area contributed by atoms with Crippen LogP contribution in [0.4, 0.5) is 0 Å². The summed E-state index contributed by atoms with van der Waals surface area (Å²) in [5.74, 6) is 0. The molecule has 0 radical (unpaired) electrons. The predicted octanol–water partition coefficient (Wildman–Crippen LogP) is -1.36. The summed E-state index contributed by atoms with van der Waals surface area (Å²) in [4.78, 5) is 4.35. The standard InChI is InChI=1S/C5H4ClNS.Na/c6-5-4(8)2-1-3-7-5;/h1-3,8H;/q;+1/p-1. The number of hydrogen-bond acceptors (Lipinski definition) is 2. The minimum absolute atomic E-state index is 0. The van der Waals surface area contributed by atoms with Crippen LogP contribution in [0.2, 0.25) is 5.15 Å². The van der Waals surface area contributed by atoms with Crippen molar-refractivity contribution in [3.05, 3.63) is 23.5 Å². The summed E-state index contributed by atoms with van der Waals surface area (Å²) >= 11 is 10.3. The topological polar surface area (TPSA) is 12.9 Å². The summed E-state index contributed by atoms with van der Waals surface area (Å²) in [5, 5.41) is 0.405. The van der Waals surface area contributed by atoms with Crippen molar-refractivity contribution in [2.45, 2.75) is 4.90 Å². The Balaban J connectivity index is 0.000000640. The largest absolute Gasteiger partial charge is 1.00 e. The first-order chi connectivity index (χ1) is 3.80. The number of aromatic nitrogens is 1. The third kappa shape index (κ3) is 2.83. The molecule has 0 unspecified atom stereocenters. The van der Waals surface area contributed by atoms with E-state index in [9.17, 15) is 0 Å². The Bertz CT molecular complexity index is 173. The van der Waals surface area contributed by atoms with Crippen molar-refractivity contribution >= 4 is 24.2 Å². The van der Waals surface area contributed by atoms with Gasteiger partial charge >= 0.3 is 29.6 Å². The van der Waals surface area contributed by atoms with Gasteiger partial charge in [-0.25, -0.2) is 4.98 Å². The molecule has 0 bridgehead atoms. The van der Waals surface area contributed by atoms with Crippen LogP contribution >= 0.6 is 11.6 Å². The molecule has 0 aliphatic heterocycles. The Morgan fingerprint density at radius 1 is 1.56 bits per heavy atom. The van der Waals surface area contributed by atoms with Crippen LogP contribution in [-0.4, -0.2) is 4.98 Å². The second kappa shape index (κ2) is 4.47. The molecule has 0 atom stereocenters. The zero-order valence-electron chi connectivity index (χ0n) is 4.97. The fourth-order valence-corrected chi connectivity index (χ4v) is 0.622. The van der Waals surface area contributed by atoms with Gasteiger partial charge in [-0.1, -0.05) is 17.7 Å². The molecule has 42 valence electrons. The van der Waals surface area contributed by atoms with Crippen LogP contribution in [0.25, 0.3) is 0 Å². The number of nitrogens with zero attached hydrogens (tertiary/aromatic N) is 1. The maximum Gasteiger partial charge on any atom is 1.00 e. The van der Waals surface area contributed by atoms with Gasteiger partial charge < -0.3 is 12.6 Å². The predicted molar refractivity (Wildman–Crippen MR) is 34.9 cm³/mol. The van der Waals surface area contributed by atoms with Crippen LogP contribution in [-0.2, 0) is 12.6 Å². The molecule has 9 heavy (non-hydrogen) atoms. The Hall–Kier alpha value is 0.660. The quantitative estimate of drug-likeness (QED) is 0.269. The molecule has 1 aromatic rings. The molecule has 0 saturated carbocycles. The summed E-state index contributed by atoms with van der Waals surface area (Å²) in [6.07, 6.45) is 1.61. The SMILES string of the molecule is [Na+].[S-]c1cccnc1Cl. The van der Waals surface area contributed by atoms with Gasteiger partial charge in [0.15, 0.2) is 0 Å². The van der Waals surface area contributed by atoms with Gasteiger partial charge in [-0.2, -0.15) is 0 Å². The summed E-state index contributed by atoms with van der Waals surface area (Å²) in [5.41, 5.74) is 0. The van der Waals surface area contributed by atoms with Gasteiger partial charge in [0, 0.05) is 6.20 Å². The minimum atomic E-state index is 0. The average Bonchev–Trinajstić information content (AvgIpc) is 1.77. The van der Waals surface area contributed by atoms with E-state index >= 15 is 0 Å². The molecule has 1 rings (SSSR count). The van der Waals surface area contributed by atoms with E-state index in [0.29, 0.717) is 10.0 Å². The normalized spacial score (nSPS) is 8.11. The van der Waals surface area contributed by atoms with Gasteiger partial charge in [0.05, 0.1) is 0 Å². The summed E-state index contributed by atoms with van der Waals surface area (Å²) in [6.45, 7) is 0. The zero-order valence-corrected chi connectivity index (χ0v) is 8.54. The number of halogens is 1. The van der Waals surface area contributed by atoms with Gasteiger partial charge in [-0.3, -0.25) is 0 Å². The molecule has 0 saturated heterocycles. The van der Waals surface area contributed by atoms with Crippen LogP contribution in [0.5, 0.6) is 0 Å². The van der Waals surface area contributed by atoms with E-state index in [4.69, 9.17) is 24.2 Å². The molecule has 1 heterocycles. The first kappa shape index (κ1) is 9.66. The summed E-state index contributed by atoms with van der Waals surface area (Å²) in [7, 11) is 0. The van der Waals surface area contributed by atoms with Crippen LogP contribution in [0.15, 0.2) is 23.2 Å². The van der Waals surface area contributed by atoms with E-state index < -0.39 is 0 Å². The molecule has 1 aromatic heterocycles. The maximum absolute atomic E-state index is 5.49. The third-order valence-electron chi connectivity index (χ3n) is 0.725. The van der Waals surface area contributed by atoms with Gasteiger partial charge in [-0.05, 0) is 6.07 Å². The van der Waals surface area contributed by atoms with Crippen molar-refractivity contribution < 1.29 is 29.6 Å². The molecular formula is C5H3ClNNaS. The van der Waals surface area contributed by atoms with Crippen molar-refractivity contribution in [2.24, 2.45) is 0 Å². The number of hydrogen-bond donors (Lipinski definition) is 0. The maximum atomic E-state index is 5.49. The Morgan fingerprint density at radius 3 is 2.56 bits per heavy atom. The summed E-state index contributed by atoms with van der Waals surface area (Å²) < 4.78 is 0. The minimum Gasteiger partial charge on any atom is -0.777 e. The van der Waals surface area contributed by atoms with Gasteiger partial charge in [0.2, 0.25) is 0 Å². The van der Waals surface area contributed by atoms with Crippen molar-refractivity contribution in [3.63, 3.8) is 0 Å². The van der Waals surface area contributed by atoms with Crippen molar-refractivity contribution in [3.8, 4) is 0 Å². The van der Waals surface area contributed by atoms with Crippen LogP contribution in [0.1, 0.15) is 0 Å². The van der Waals surface area contributed by atoms with E-state index in [1.165, 1.54) is 0 Å². The third-order valence-corrected chi connectivity index (χ3v) is 1.47. The molecule has 0 aromatic carbocycles. The fraction of sp³-hybridized carbons (Fsp3) is 0. The number of pyridine rings is 1. The van der Waals surface area contributed by atoms with E-state index in [2.05, 4.69) is 4.98 Å². The monoisotopic (exact) mass is 167 g/mol. The molecule has 4 heteroatoms. The first-order valence-electron chi connectivity index (χ1n) is 2.08. The van der Waals surface area contributed by atoms with Crippen LogP contribution in [0, 0.1) is 0 Å². The van der Waals surface area contributed by atoms with Gasteiger partial charge in [-0.15, -0.1) is 4.90 Å². The molecule has 0 aliphatic rings. The Kier molecular flexibility index (Phi) is 4.80. The second-order valence-corrected chi connectivity index (χ2v) is 2.09. The molecular weight excluding hydrogens is 165 g/mol. The molecule has 0 N–H and O–H groups in total. The smallest absolute Gasteiger partial charge is 0.777 e. The van der Waals surface area contributed by atoms with Gasteiger partial charge in [0.1, 0.15) is 5.15 Å². The number of rotatable bonds is 0. The van der Waals surface area contributed by atoms with Crippen molar-refractivity contribution in [1.29, 1.82) is 0 Å². The molecule has 0 spiro atoms. The second-order valence-electron chi connectivity index (χ2n) is 1.29. The Labute approximate surface area is 86.5 Å². The van der Waals surface area contributed by atoms with Gasteiger partial charge in [0.25, 0.3) is 0 Å². The average molecular weight is 168 g/mol. The zero-order chi connectivity index (χ0) is 5.98. The van der Waals surface area contributed by atoms with Crippen molar-refractivity contribution in [2.75, 3.05) is 0 Å². The van der Waals surface area contributed by atoms with Crippen LogP contribution in [0.3, 0.4) is 0 Å². The Morgan fingerprint density at radius 2 is 2.22 bits per heavy atom. The molecule has 0 amide bonds. The van der Waals surface area contributed by atoms with E-state index in [0.717, 1.165) is 0 Å². The van der Waals surface area contributed by atoms with E-state index in [1.54, 1.807) is 18.3 Å². The summed E-state index contributed by atoms with van der Waals surface area (Å²) in [6, 6.07) is 3.50. The molecule has 0 fully saturated rings. The molecule has 0 aliphatic carbocycles. The fourth-order valence-electron chi connectivity index (χ4n) is 0.371. The first-order valence-corrected chi connectivity index (χ1v) is 2.87. The van der Waals surface area contributed by atoms with Crippen molar-refractivity contribution in [1.82, 2.24) is 4.98 Å².